The van der Waals surface area contributed by atoms with Crippen LogP contribution in [0, 0.1) is 0 Å². The van der Waals surface area contributed by atoms with Crippen molar-refractivity contribution in [3.63, 3.8) is 0 Å². The number of aromatic nitrogens is 2. The average molecular weight is 675 g/mol. The van der Waals surface area contributed by atoms with Gasteiger partial charge in [0.25, 0.3) is 5.91 Å². The summed E-state index contributed by atoms with van der Waals surface area (Å²) in [7, 11) is -0.678. The number of fused-ring (bicyclic) bond motifs is 1. The predicted octanol–water partition coefficient (Wildman–Crippen LogP) is 6.83. The van der Waals surface area contributed by atoms with Gasteiger partial charge >= 0.3 is 6.03 Å². The third-order valence-corrected chi connectivity index (χ3v) is 8.43. The Morgan fingerprint density at radius 3 is 2.30 bits per heavy atom. The number of hydrogen-bond donors (Lipinski definition) is 4. The predicted molar refractivity (Wildman–Crippen MR) is 186 cm³/mol. The lowest BCUT2D eigenvalue weighted by Crippen LogP contribution is -2.22. The number of pyridine rings is 1. The van der Waals surface area contributed by atoms with E-state index in [1.807, 2.05) is 45.0 Å². The van der Waals surface area contributed by atoms with Gasteiger partial charge in [0.2, 0.25) is 10.0 Å². The van der Waals surface area contributed by atoms with E-state index in [0.29, 0.717) is 39.3 Å². The van der Waals surface area contributed by atoms with Crippen molar-refractivity contribution in [2.24, 2.45) is 0 Å². The van der Waals surface area contributed by atoms with Crippen LogP contribution >= 0.6 is 11.3 Å². The van der Waals surface area contributed by atoms with Crippen LogP contribution in [0.2, 0.25) is 0 Å². The van der Waals surface area contributed by atoms with Gasteiger partial charge < -0.3 is 25.4 Å². The molecule has 4 N–H and O–H groups in total. The van der Waals surface area contributed by atoms with Crippen molar-refractivity contribution in [1.82, 2.24) is 15.3 Å². The normalized spacial score (nSPS) is 11.5. The topological polar surface area (TPSA) is 161 Å². The van der Waals surface area contributed by atoms with Crippen LogP contribution in [0.4, 0.5) is 21.9 Å². The highest BCUT2D eigenvalue weighted by Crippen LogP contribution is 2.40. The Bertz CT molecular complexity index is 2090. The van der Waals surface area contributed by atoms with Crippen LogP contribution in [0.5, 0.6) is 17.2 Å². The Kier molecular flexibility index (Phi) is 9.36. The first-order chi connectivity index (χ1) is 22.3. The molecule has 0 aliphatic rings. The minimum atomic E-state index is -3.63. The summed E-state index contributed by atoms with van der Waals surface area (Å²) in [5, 5.41) is 12.0. The number of carbonyl (C=O) groups excluding carboxylic acids is 2. The molecule has 14 heteroatoms. The number of benzene rings is 3. The number of ether oxygens (including phenoxy) is 2. The highest BCUT2D eigenvalue weighted by molar-refractivity contribution is 7.92. The van der Waals surface area contributed by atoms with Crippen LogP contribution in [0.1, 0.15) is 36.8 Å². The summed E-state index contributed by atoms with van der Waals surface area (Å²) in [6, 6.07) is 17.3. The van der Waals surface area contributed by atoms with Gasteiger partial charge in [0, 0.05) is 35.5 Å². The maximum Gasteiger partial charge on any atom is 0.323 e. The van der Waals surface area contributed by atoms with Crippen LogP contribution in [-0.4, -0.2) is 50.7 Å². The lowest BCUT2D eigenvalue weighted by atomic mass is 9.86. The molecule has 3 amide bonds. The molecule has 0 radical (unpaired) electrons. The number of nitrogens with one attached hydrogen (secondary N) is 4. The number of rotatable bonds is 9. The van der Waals surface area contributed by atoms with Crippen molar-refractivity contribution in [3.8, 4) is 28.0 Å². The number of anilines is 3. The van der Waals surface area contributed by atoms with E-state index in [-0.39, 0.29) is 22.8 Å². The molecule has 0 spiro atoms. The summed E-state index contributed by atoms with van der Waals surface area (Å²) < 4.78 is 38.5. The molecule has 0 bridgehead atoms. The molecule has 12 nitrogen and oxygen atoms in total. The Morgan fingerprint density at radius 1 is 0.915 bits per heavy atom. The monoisotopic (exact) mass is 674 g/mol. The number of sulfonamides is 1. The highest BCUT2D eigenvalue weighted by Gasteiger charge is 2.22. The van der Waals surface area contributed by atoms with E-state index in [0.717, 1.165) is 22.6 Å². The maximum absolute atomic E-state index is 13.4. The Balaban J connectivity index is 1.41. The number of hydrogen-bond acceptors (Lipinski definition) is 9. The second-order valence-corrected chi connectivity index (χ2v) is 14.2. The summed E-state index contributed by atoms with van der Waals surface area (Å²) in [4.78, 5) is 34.1. The van der Waals surface area contributed by atoms with E-state index in [1.165, 1.54) is 18.4 Å². The first-order valence-electron chi connectivity index (χ1n) is 14.4. The molecule has 0 atom stereocenters. The van der Waals surface area contributed by atoms with Crippen LogP contribution < -0.4 is 30.1 Å². The second kappa shape index (κ2) is 13.3. The SMILES string of the molecule is CNC(=O)c1csc(-c2cc(Oc3ccc(NC(=O)Nc4cc(C(C)(C)C)cc(NS(C)(=O)=O)c4OC)c4ccccc34)ccn2)n1. The molecule has 0 saturated heterocycles. The van der Waals surface area contributed by atoms with E-state index in [9.17, 15) is 18.0 Å². The fourth-order valence-electron chi connectivity index (χ4n) is 4.74. The molecule has 244 valence electrons. The zero-order valence-corrected chi connectivity index (χ0v) is 28.2. The van der Waals surface area contributed by atoms with E-state index in [2.05, 4.69) is 30.6 Å². The first kappa shape index (κ1) is 33.2. The molecule has 0 saturated carbocycles. The standard InChI is InChI=1S/C33H34N6O6S2/c1-33(2,3)19-15-24(29(44-5)25(16-19)39-47(6,42)43)38-32(41)37-23-11-12-28(22-10-8-7-9-21(22)23)45-20-13-14-35-26(17-20)31-36-27(18-46-31)30(40)34-4/h7-18,39H,1-6H3,(H,34,40)(H2,37,38,41). The minimum Gasteiger partial charge on any atom is -0.492 e. The Morgan fingerprint density at radius 2 is 1.62 bits per heavy atom. The van der Waals surface area contributed by atoms with Crippen LogP contribution in [-0.2, 0) is 15.4 Å². The fraction of sp³-hybridized carbons (Fsp3) is 0.212. The number of nitrogens with zero attached hydrogens (tertiary/aromatic N) is 2. The summed E-state index contributed by atoms with van der Waals surface area (Å²) in [5.74, 6) is 0.955. The molecular weight excluding hydrogens is 641 g/mol. The third kappa shape index (κ3) is 7.79. The van der Waals surface area contributed by atoms with Gasteiger partial charge in [-0.3, -0.25) is 14.5 Å². The van der Waals surface area contributed by atoms with Gasteiger partial charge in [-0.1, -0.05) is 45.0 Å². The van der Waals surface area contributed by atoms with Crippen molar-refractivity contribution in [1.29, 1.82) is 0 Å². The van der Waals surface area contributed by atoms with Crippen LogP contribution in [0.25, 0.3) is 21.5 Å². The van der Waals surface area contributed by atoms with Crippen molar-refractivity contribution in [3.05, 3.63) is 83.5 Å². The molecule has 47 heavy (non-hydrogen) atoms. The van der Waals surface area contributed by atoms with Gasteiger partial charge in [0.1, 0.15) is 27.9 Å². The van der Waals surface area contributed by atoms with Gasteiger partial charge in [0.05, 0.1) is 30.4 Å². The average Bonchev–Trinajstić information content (AvgIpc) is 3.51. The van der Waals surface area contributed by atoms with Crippen molar-refractivity contribution >= 4 is 61.1 Å². The van der Waals surface area contributed by atoms with Gasteiger partial charge in [-0.15, -0.1) is 11.3 Å². The Labute approximate surface area is 276 Å². The largest absolute Gasteiger partial charge is 0.492 e. The lowest BCUT2D eigenvalue weighted by molar-refractivity contribution is 0.0959. The summed E-state index contributed by atoms with van der Waals surface area (Å²) in [6.07, 6.45) is 2.65. The van der Waals surface area contributed by atoms with Crippen molar-refractivity contribution < 1.29 is 27.5 Å². The first-order valence-corrected chi connectivity index (χ1v) is 17.1. The number of carbonyl (C=O) groups is 2. The number of methoxy groups -OCH3 is 1. The molecule has 0 unspecified atom stereocenters. The quantitative estimate of drug-likeness (QED) is 0.132. The molecule has 5 aromatic rings. The molecule has 2 heterocycles. The Hall–Kier alpha value is -5.21. The zero-order valence-electron chi connectivity index (χ0n) is 26.6. The molecule has 0 fully saturated rings. The van der Waals surface area contributed by atoms with E-state index in [4.69, 9.17) is 9.47 Å². The summed E-state index contributed by atoms with van der Waals surface area (Å²) >= 11 is 1.30. The fourth-order valence-corrected chi connectivity index (χ4v) is 6.06. The maximum atomic E-state index is 13.4. The van der Waals surface area contributed by atoms with Gasteiger partial charge in [0.15, 0.2) is 5.75 Å². The molecule has 0 aliphatic carbocycles. The molecule has 0 aliphatic heterocycles. The number of urea groups is 1. The minimum absolute atomic E-state index is 0.173. The van der Waals surface area contributed by atoms with Crippen LogP contribution in [0.3, 0.4) is 0 Å². The van der Waals surface area contributed by atoms with Gasteiger partial charge in [-0.2, -0.15) is 0 Å². The van der Waals surface area contributed by atoms with Gasteiger partial charge in [-0.25, -0.2) is 18.2 Å². The summed E-state index contributed by atoms with van der Waals surface area (Å²) in [5.41, 5.74) is 2.32. The van der Waals surface area contributed by atoms with Crippen molar-refractivity contribution in [2.45, 2.75) is 26.2 Å². The second-order valence-electron chi connectivity index (χ2n) is 11.6. The van der Waals surface area contributed by atoms with Gasteiger partial charge in [-0.05, 0) is 41.3 Å². The molecule has 2 aromatic heterocycles. The number of thiazole rings is 1. The van der Waals surface area contributed by atoms with E-state index >= 15 is 0 Å². The highest BCUT2D eigenvalue weighted by atomic mass is 32.2. The van der Waals surface area contributed by atoms with E-state index in [1.54, 1.807) is 55.0 Å². The lowest BCUT2D eigenvalue weighted by Gasteiger charge is -2.24. The van der Waals surface area contributed by atoms with Crippen molar-refractivity contribution in [2.75, 3.05) is 35.8 Å². The van der Waals surface area contributed by atoms with E-state index < -0.39 is 16.1 Å². The van der Waals surface area contributed by atoms with Crippen LogP contribution in [0.15, 0.2) is 72.2 Å². The zero-order chi connectivity index (χ0) is 33.9. The molecular formula is C33H34N6O6S2. The third-order valence-electron chi connectivity index (χ3n) is 6.98. The summed E-state index contributed by atoms with van der Waals surface area (Å²) in [6.45, 7) is 5.94. The molecule has 3 aromatic carbocycles. The molecule has 5 rings (SSSR count). The smallest absolute Gasteiger partial charge is 0.323 e. The number of amides is 3.